The van der Waals surface area contributed by atoms with Crippen LogP contribution in [0.4, 0.5) is 11.6 Å². The molecule has 6 unspecified atom stereocenters. The van der Waals surface area contributed by atoms with Crippen molar-refractivity contribution in [3.63, 3.8) is 0 Å². The summed E-state index contributed by atoms with van der Waals surface area (Å²) in [6, 6.07) is 6.84. The molecule has 29 nitrogen and oxygen atoms in total. The van der Waals surface area contributed by atoms with Gasteiger partial charge >= 0.3 is 13.7 Å². The quantitative estimate of drug-likeness (QED) is 0.0313. The predicted molar refractivity (Wildman–Crippen MR) is 270 cm³/mol. The summed E-state index contributed by atoms with van der Waals surface area (Å²) >= 11 is 5.54. The first kappa shape index (κ1) is 60.4. The maximum Gasteiger partial charge on any atom is 0.403 e. The molecular formula is C36H47ClN11O18P4S4-3. The first-order valence-electron chi connectivity index (χ1n) is 21.1. The Labute approximate surface area is 443 Å². The highest BCUT2D eigenvalue weighted by molar-refractivity contribution is 8.76. The van der Waals surface area contributed by atoms with Gasteiger partial charge in [0.25, 0.3) is 23.5 Å². The van der Waals surface area contributed by atoms with Crippen molar-refractivity contribution in [1.82, 2.24) is 43.9 Å². The van der Waals surface area contributed by atoms with E-state index in [-0.39, 0.29) is 48.2 Å². The molecule has 0 amide bonds. The molecule has 7 heterocycles. The lowest BCUT2D eigenvalue weighted by molar-refractivity contribution is -0.250. The highest BCUT2D eigenvalue weighted by Gasteiger charge is 2.41. The van der Waals surface area contributed by atoms with Gasteiger partial charge in [-0.25, -0.2) is 48.3 Å². The second-order valence-corrected chi connectivity index (χ2v) is 26.7. The van der Waals surface area contributed by atoms with Crippen LogP contribution in [-0.2, 0) is 50.3 Å². The molecule has 3 aliphatic rings. The number of carbonyl (C=O) groups is 1. The van der Waals surface area contributed by atoms with Crippen LogP contribution in [0.5, 0.6) is 5.75 Å². The predicted octanol–water partition coefficient (Wildman–Crippen LogP) is 4.66. The summed E-state index contributed by atoms with van der Waals surface area (Å²) < 4.78 is 82.4. The number of aliphatic imine (C=N–C) groups is 1. The number of benzene rings is 1. The Bertz CT molecular complexity index is 2870. The number of aromatic nitrogens is 8. The number of para-hydroxylation sites is 1. The number of nitrogens with two attached hydrogens (primary N) is 1. The Morgan fingerprint density at radius 3 is 2.04 bits per heavy atom. The zero-order chi connectivity index (χ0) is 54.0. The Hall–Kier alpha value is -2.81. The number of phosphoric ester groups is 1. The van der Waals surface area contributed by atoms with E-state index in [4.69, 9.17) is 45.3 Å². The van der Waals surface area contributed by atoms with Crippen LogP contribution < -0.4 is 24.9 Å². The van der Waals surface area contributed by atoms with Crippen LogP contribution in [0.3, 0.4) is 0 Å². The molecule has 0 radical (unpaired) electrons. The van der Waals surface area contributed by atoms with Gasteiger partial charge in [-0.3, -0.25) is 22.8 Å². The fourth-order valence-corrected chi connectivity index (χ4v) is 13.6. The summed E-state index contributed by atoms with van der Waals surface area (Å²) in [5.74, 6) is 0.721. The number of aliphatic hydroxyl groups is 1. The van der Waals surface area contributed by atoms with Crippen LogP contribution in [0, 0.1) is 0 Å². The number of fused-ring (bicyclic) bond motifs is 3. The van der Waals surface area contributed by atoms with Crippen molar-refractivity contribution in [2.24, 2.45) is 4.99 Å². The number of carbonyl (C=O) groups excluding carboxylic acids is 1. The van der Waals surface area contributed by atoms with E-state index in [2.05, 4.69) is 52.6 Å². The molecule has 2 saturated heterocycles. The molecule has 0 saturated carbocycles. The molecule has 4 N–H and O–H groups in total. The molecule has 8 rings (SSSR count). The third-order valence-electron chi connectivity index (χ3n) is 9.73. The summed E-state index contributed by atoms with van der Waals surface area (Å²) in [4.78, 5) is 84.8. The zero-order valence-electron chi connectivity index (χ0n) is 39.4. The van der Waals surface area contributed by atoms with Gasteiger partial charge in [-0.2, -0.15) is 0 Å². The molecule has 2 fully saturated rings. The summed E-state index contributed by atoms with van der Waals surface area (Å²) in [5.41, 5.74) is 7.81. The number of hydrogen-bond donors (Lipinski definition) is 3. The lowest BCUT2D eigenvalue weighted by atomic mass is 10.2. The second-order valence-electron chi connectivity index (χ2n) is 15.2. The van der Waals surface area contributed by atoms with Gasteiger partial charge in [0.1, 0.15) is 65.0 Å². The van der Waals surface area contributed by atoms with Crippen LogP contribution in [0.25, 0.3) is 22.3 Å². The van der Waals surface area contributed by atoms with Crippen molar-refractivity contribution in [3.05, 3.63) is 55.1 Å². The molecule has 38 heteroatoms. The van der Waals surface area contributed by atoms with E-state index in [1.54, 1.807) is 65.4 Å². The molecule has 0 spiro atoms. The lowest BCUT2D eigenvalue weighted by Crippen LogP contribution is -2.31. The molecule has 0 bridgehead atoms. The fraction of sp³-hybridized carbons (Fsp3) is 0.500. The second kappa shape index (κ2) is 27.2. The molecule has 3 aliphatic heterocycles. The van der Waals surface area contributed by atoms with Crippen molar-refractivity contribution in [2.75, 3.05) is 45.6 Å². The van der Waals surface area contributed by atoms with E-state index in [0.717, 1.165) is 0 Å². The zero-order valence-corrected chi connectivity index (χ0v) is 47.0. The number of phosphoric acid groups is 3. The van der Waals surface area contributed by atoms with Gasteiger partial charge in [0, 0.05) is 26.9 Å². The molecule has 0 aliphatic carbocycles. The van der Waals surface area contributed by atoms with Crippen LogP contribution >= 0.6 is 85.6 Å². The molecule has 1 aromatic carbocycles. The SMILES string of the molecule is CSS[C@@H](C)OC1C[C@H](n2cnc3c(N)ncnc32)O[C@@H]1COP(=O)([O-])OP(=O)([O-])OP(=O)([O-])O.CSS[C@@H](C)OC1C[C@H](n2cnc3c(N=CN(C)C)ncnc32)O[C@@H]1CO.O=C1OP(Cl)Oc2ccccc21. The van der Waals surface area contributed by atoms with E-state index >= 15 is 0 Å². The summed E-state index contributed by atoms with van der Waals surface area (Å²) in [6.07, 6.45) is 8.67. The smallest absolute Gasteiger partial charge is 0.403 e. The average molecular weight is 1210 g/mol. The van der Waals surface area contributed by atoms with Crippen molar-refractivity contribution in [3.8, 4) is 5.75 Å². The van der Waals surface area contributed by atoms with E-state index in [9.17, 15) is 38.3 Å². The molecule has 408 valence electrons. The maximum absolute atomic E-state index is 12.0. The summed E-state index contributed by atoms with van der Waals surface area (Å²) in [6.45, 7) is 2.89. The monoisotopic (exact) mass is 1210 g/mol. The molecule has 74 heavy (non-hydrogen) atoms. The van der Waals surface area contributed by atoms with E-state index < -0.39 is 62.2 Å². The van der Waals surface area contributed by atoms with Crippen LogP contribution in [0.2, 0.25) is 0 Å². The Balaban J connectivity index is 0.000000200. The molecule has 4 aromatic heterocycles. The van der Waals surface area contributed by atoms with Gasteiger partial charge in [-0.1, -0.05) is 55.3 Å². The first-order chi connectivity index (χ1) is 35.0. The van der Waals surface area contributed by atoms with E-state index in [0.29, 0.717) is 45.9 Å². The summed E-state index contributed by atoms with van der Waals surface area (Å²) in [7, 11) is -9.25. The number of ether oxygens (including phenoxy) is 4. The largest absolute Gasteiger partial charge is 0.756 e. The van der Waals surface area contributed by atoms with E-state index in [1.165, 1.54) is 45.1 Å². The van der Waals surface area contributed by atoms with Gasteiger partial charge < -0.3 is 67.8 Å². The van der Waals surface area contributed by atoms with Crippen molar-refractivity contribution in [2.45, 2.75) is 74.4 Å². The summed E-state index contributed by atoms with van der Waals surface area (Å²) in [5, 5.41) is 9.68. The number of aliphatic hydroxyl groups excluding tert-OH is 1. The maximum atomic E-state index is 12.0. The molecule has 5 aromatic rings. The number of rotatable bonds is 20. The Morgan fingerprint density at radius 2 is 1.45 bits per heavy atom. The average Bonchev–Trinajstić information content (AvgIpc) is 4.12. The molecule has 12 atom stereocenters. The number of nitrogen functional groups attached to an aromatic ring is 1. The van der Waals surface area contributed by atoms with Crippen molar-refractivity contribution >= 4 is 132 Å². The third-order valence-corrected chi connectivity index (χ3v) is 18.4. The third kappa shape index (κ3) is 17.1. The Kier molecular flexibility index (Phi) is 22.2. The minimum absolute atomic E-state index is 0.00947. The van der Waals surface area contributed by atoms with Crippen LogP contribution in [0.1, 0.15) is 49.5 Å². The lowest BCUT2D eigenvalue weighted by Gasteiger charge is -2.33. The standard InChI is InChI=1S/C16H24N6O3S2.C13H22N5O12P3S2.C7H4ClO3P/c1-10(27-26-4)24-11-5-13(25-12(11)6-23)22-9-19-14-15(20-8-21(2)3)17-7-18-16(14)22;1-7(35-34-2)27-8-3-10(18-6-17-11-12(14)15-5-16-13(11)18)28-9(8)4-26-32(22,23)30-33(24,25)29-31(19,20)21;8-12-10-6-4-2-1-3-5(6)7(9)11-12/h7-13,23H,5-6H2,1-4H3;5-10H,3-4H2,1-2H3,(H,22,23)(H,24,25)(H2,14,15,16)(H2,19,20,21);1-4H/p-3/t10-,11?,12+,13+;7-,8?,9+,10+;/m00./s1. The minimum Gasteiger partial charge on any atom is -0.756 e. The highest BCUT2D eigenvalue weighted by Crippen LogP contribution is 2.61. The number of hydrogen-bond acceptors (Lipinski definition) is 29. The van der Waals surface area contributed by atoms with Gasteiger partial charge in [-0.05, 0) is 49.7 Å². The van der Waals surface area contributed by atoms with Crippen molar-refractivity contribution < 1.29 is 84.3 Å². The number of nitrogens with zero attached hydrogens (tertiary/aromatic N) is 10. The van der Waals surface area contributed by atoms with Crippen LogP contribution in [-0.4, -0.2) is 141 Å². The highest BCUT2D eigenvalue weighted by atomic mass is 35.7. The fourth-order valence-electron chi connectivity index (χ4n) is 6.92. The van der Waals surface area contributed by atoms with Gasteiger partial charge in [0.2, 0.25) is 0 Å². The van der Waals surface area contributed by atoms with Gasteiger partial charge in [0.15, 0.2) is 28.4 Å². The van der Waals surface area contributed by atoms with Crippen molar-refractivity contribution in [1.29, 1.82) is 0 Å². The first-order valence-corrected chi connectivity index (χ1v) is 32.9. The normalized spacial score (nSPS) is 24.8. The van der Waals surface area contributed by atoms with Gasteiger partial charge in [0.05, 0.1) is 44.4 Å². The number of anilines is 1. The van der Waals surface area contributed by atoms with E-state index in [1.807, 2.05) is 43.0 Å². The van der Waals surface area contributed by atoms with Gasteiger partial charge in [-0.15, -0.1) is 0 Å². The Morgan fingerprint density at radius 1 is 0.878 bits per heavy atom. The number of halogens is 1. The molecular weight excluding hydrogens is 1160 g/mol. The number of imidazole rings is 2. The minimum atomic E-state index is -6.02. The van der Waals surface area contributed by atoms with Crippen LogP contribution in [0.15, 0.2) is 54.6 Å². The topological polar surface area (TPSA) is 390 Å².